The molecule has 2 aromatic heterocycles. The minimum Gasteiger partial charge on any atom is -0.313 e. The van der Waals surface area contributed by atoms with Gasteiger partial charge in [0.15, 0.2) is 18.1 Å². The standard InChI is InChI=1S/C14H21ClN6/c1-9(2)20-6-5-7-21-11(8-20)12(15)13(18-21)14-17-16-10(3)19(14)4/h9H,5-8H2,1-4H3/p+1. The van der Waals surface area contributed by atoms with E-state index in [0.29, 0.717) is 6.04 Å². The van der Waals surface area contributed by atoms with Gasteiger partial charge in [0.2, 0.25) is 5.69 Å². The van der Waals surface area contributed by atoms with Crippen LogP contribution in [0.15, 0.2) is 0 Å². The number of nitrogens with zero attached hydrogens (tertiary/aromatic N) is 5. The Hall–Kier alpha value is -1.40. The van der Waals surface area contributed by atoms with E-state index in [1.165, 1.54) is 0 Å². The second kappa shape index (κ2) is 5.42. The predicted molar refractivity (Wildman–Crippen MR) is 80.9 cm³/mol. The van der Waals surface area contributed by atoms with Gasteiger partial charge in [0.25, 0.3) is 0 Å². The summed E-state index contributed by atoms with van der Waals surface area (Å²) in [5.41, 5.74) is 2.00. The molecule has 3 rings (SSSR count). The van der Waals surface area contributed by atoms with E-state index in [1.54, 1.807) is 0 Å². The third kappa shape index (κ3) is 2.46. The molecule has 0 atom stereocenters. The number of rotatable bonds is 2. The summed E-state index contributed by atoms with van der Waals surface area (Å²) in [7, 11) is 1.96. The van der Waals surface area contributed by atoms with E-state index in [-0.39, 0.29) is 0 Å². The first-order chi connectivity index (χ1) is 9.99. The number of aromatic nitrogens is 5. The van der Waals surface area contributed by atoms with Gasteiger partial charge >= 0.3 is 0 Å². The van der Waals surface area contributed by atoms with Crippen molar-refractivity contribution in [3.63, 3.8) is 0 Å². The van der Waals surface area contributed by atoms with Crippen LogP contribution >= 0.6 is 11.6 Å². The van der Waals surface area contributed by atoms with Crippen LogP contribution in [0.4, 0.5) is 0 Å². The van der Waals surface area contributed by atoms with Crippen molar-refractivity contribution in [2.45, 2.75) is 46.3 Å². The lowest BCUT2D eigenvalue weighted by Crippen LogP contribution is -2.39. The van der Waals surface area contributed by atoms with E-state index in [1.807, 2.05) is 18.5 Å². The van der Waals surface area contributed by atoms with Gasteiger partial charge < -0.3 is 4.57 Å². The molecule has 0 saturated heterocycles. The lowest BCUT2D eigenvalue weighted by molar-refractivity contribution is -0.754. The van der Waals surface area contributed by atoms with Crippen LogP contribution in [0.3, 0.4) is 0 Å². The van der Waals surface area contributed by atoms with Gasteiger partial charge in [0, 0.05) is 26.1 Å². The fourth-order valence-corrected chi connectivity index (χ4v) is 3.07. The summed E-state index contributed by atoms with van der Waals surface area (Å²) in [5.74, 6) is 1.66. The second-order valence-corrected chi connectivity index (χ2v) is 6.32. The SMILES string of the molecule is Cc1nnc(-c2[nH][n+]3c(c2Cl)CN(C(C)C)CCC3)n1C. The summed E-state index contributed by atoms with van der Waals surface area (Å²) in [4.78, 5) is 2.45. The zero-order valence-electron chi connectivity index (χ0n) is 13.0. The Balaban J connectivity index is 2.04. The Labute approximate surface area is 129 Å². The minimum absolute atomic E-state index is 0.517. The maximum atomic E-state index is 6.64. The van der Waals surface area contributed by atoms with Crippen LogP contribution < -0.4 is 4.68 Å². The number of H-pyrrole nitrogens is 1. The monoisotopic (exact) mass is 309 g/mol. The predicted octanol–water partition coefficient (Wildman–Crippen LogP) is 1.67. The van der Waals surface area contributed by atoms with E-state index >= 15 is 0 Å². The van der Waals surface area contributed by atoms with E-state index in [0.717, 1.165) is 54.1 Å². The molecule has 7 heteroatoms. The smallest absolute Gasteiger partial charge is 0.240 e. The highest BCUT2D eigenvalue weighted by Gasteiger charge is 2.31. The summed E-state index contributed by atoms with van der Waals surface area (Å²) >= 11 is 6.64. The zero-order chi connectivity index (χ0) is 15.1. The number of hydrogen-bond acceptors (Lipinski definition) is 3. The average molecular weight is 310 g/mol. The lowest BCUT2D eigenvalue weighted by Gasteiger charge is -2.22. The van der Waals surface area contributed by atoms with Crippen LogP contribution in [-0.2, 0) is 20.1 Å². The Morgan fingerprint density at radius 3 is 2.71 bits per heavy atom. The molecule has 0 radical (unpaired) electrons. The molecule has 114 valence electrons. The molecule has 0 aromatic carbocycles. The van der Waals surface area contributed by atoms with Crippen LogP contribution in [0.25, 0.3) is 11.5 Å². The van der Waals surface area contributed by atoms with Crippen LogP contribution in [0.5, 0.6) is 0 Å². The van der Waals surface area contributed by atoms with Gasteiger partial charge in [0.05, 0.1) is 6.54 Å². The van der Waals surface area contributed by atoms with Gasteiger partial charge in [-0.25, -0.2) is 0 Å². The van der Waals surface area contributed by atoms with Gasteiger partial charge in [-0.1, -0.05) is 11.6 Å². The molecule has 21 heavy (non-hydrogen) atoms. The fourth-order valence-electron chi connectivity index (χ4n) is 2.78. The van der Waals surface area contributed by atoms with Crippen LogP contribution in [0.1, 0.15) is 31.8 Å². The first kappa shape index (κ1) is 14.5. The highest BCUT2D eigenvalue weighted by molar-refractivity contribution is 6.33. The summed E-state index contributed by atoms with van der Waals surface area (Å²) in [5, 5.41) is 12.5. The lowest BCUT2D eigenvalue weighted by atomic mass is 10.2. The van der Waals surface area contributed by atoms with Crippen molar-refractivity contribution in [3.8, 4) is 11.5 Å². The van der Waals surface area contributed by atoms with Crippen molar-refractivity contribution in [1.29, 1.82) is 0 Å². The van der Waals surface area contributed by atoms with Crippen molar-refractivity contribution >= 4 is 11.6 Å². The Bertz CT molecular complexity index is 657. The topological polar surface area (TPSA) is 53.6 Å². The molecule has 0 unspecified atom stereocenters. The molecule has 0 fully saturated rings. The number of aryl methyl sites for hydroxylation is 2. The maximum Gasteiger partial charge on any atom is 0.240 e. The van der Waals surface area contributed by atoms with E-state index < -0.39 is 0 Å². The first-order valence-electron chi connectivity index (χ1n) is 7.39. The maximum absolute atomic E-state index is 6.64. The summed E-state index contributed by atoms with van der Waals surface area (Å²) < 4.78 is 4.11. The molecule has 2 aromatic rings. The van der Waals surface area contributed by atoms with Crippen molar-refractivity contribution < 1.29 is 4.68 Å². The Morgan fingerprint density at radius 1 is 1.33 bits per heavy atom. The highest BCUT2D eigenvalue weighted by atomic mass is 35.5. The zero-order valence-corrected chi connectivity index (χ0v) is 13.8. The molecule has 1 N–H and O–H groups in total. The van der Waals surface area contributed by atoms with Gasteiger partial charge in [-0.05, 0) is 20.8 Å². The van der Waals surface area contributed by atoms with Gasteiger partial charge in [-0.2, -0.15) is 5.10 Å². The van der Waals surface area contributed by atoms with Gasteiger partial charge in [-0.15, -0.1) is 14.9 Å². The molecular weight excluding hydrogens is 288 g/mol. The molecule has 1 aliphatic rings. The average Bonchev–Trinajstić information content (AvgIpc) is 2.83. The van der Waals surface area contributed by atoms with E-state index in [4.69, 9.17) is 11.6 Å². The molecule has 0 saturated carbocycles. The summed E-state index contributed by atoms with van der Waals surface area (Å²) in [6, 6.07) is 0.517. The molecule has 6 nitrogen and oxygen atoms in total. The van der Waals surface area contributed by atoms with E-state index in [2.05, 4.69) is 38.7 Å². The second-order valence-electron chi connectivity index (χ2n) is 5.95. The largest absolute Gasteiger partial charge is 0.313 e. The number of aromatic amines is 1. The molecule has 0 spiro atoms. The van der Waals surface area contributed by atoms with Gasteiger partial charge in [0.1, 0.15) is 10.8 Å². The third-order valence-electron chi connectivity index (χ3n) is 4.27. The third-order valence-corrected chi connectivity index (χ3v) is 4.68. The number of nitrogens with one attached hydrogen (secondary N) is 1. The van der Waals surface area contributed by atoms with Crippen LogP contribution in [0.2, 0.25) is 5.02 Å². The highest BCUT2D eigenvalue weighted by Crippen LogP contribution is 2.28. The molecule has 0 aliphatic carbocycles. The van der Waals surface area contributed by atoms with Crippen molar-refractivity contribution in [1.82, 2.24) is 24.8 Å². The number of hydrogen-bond donors (Lipinski definition) is 1. The summed E-state index contributed by atoms with van der Waals surface area (Å²) in [6.07, 6.45) is 1.12. The van der Waals surface area contributed by atoms with Crippen LogP contribution in [0, 0.1) is 6.92 Å². The first-order valence-corrected chi connectivity index (χ1v) is 7.77. The molecular formula is C14H22ClN6+. The fraction of sp³-hybridized carbons (Fsp3) is 0.643. The Morgan fingerprint density at radius 2 is 2.10 bits per heavy atom. The molecule has 0 amide bonds. The normalized spacial score (nSPS) is 16.3. The minimum atomic E-state index is 0.517. The van der Waals surface area contributed by atoms with E-state index in [9.17, 15) is 0 Å². The number of fused-ring (bicyclic) bond motifs is 1. The van der Waals surface area contributed by atoms with Crippen LogP contribution in [-0.4, -0.2) is 37.3 Å². The van der Waals surface area contributed by atoms with Crippen molar-refractivity contribution in [3.05, 3.63) is 16.5 Å². The number of halogens is 1. The van der Waals surface area contributed by atoms with Crippen molar-refractivity contribution in [2.75, 3.05) is 6.54 Å². The van der Waals surface area contributed by atoms with Gasteiger partial charge in [-0.3, -0.25) is 4.90 Å². The van der Waals surface area contributed by atoms with Crippen molar-refractivity contribution in [2.24, 2.45) is 7.05 Å². The molecule has 3 heterocycles. The molecule has 1 aliphatic heterocycles. The quantitative estimate of drug-likeness (QED) is 0.859. The molecule has 0 bridgehead atoms. The summed E-state index contributed by atoms with van der Waals surface area (Å²) in [6.45, 7) is 9.30. The Kier molecular flexibility index (Phi) is 3.75.